The number of carbonyl (C=O) groups is 7. The molecule has 9 atom stereocenters. The second kappa shape index (κ2) is 77.6. The number of aliphatic hydroxyl groups excluding tert-OH is 1. The number of ether oxygens (including phenoxy) is 6. The molecular formula is C93H175N2O19P. The first-order chi connectivity index (χ1) is 55.8. The Morgan fingerprint density at radius 2 is 0.626 bits per heavy atom. The van der Waals surface area contributed by atoms with Crippen molar-refractivity contribution in [3.63, 3.8) is 0 Å². The maximum Gasteiger partial charge on any atom is 0.470 e. The standard InChI is InChI=1S/C93H175N2O19P/c1-7-13-19-25-31-37-40-46-52-58-64-70-85(99)109-78(67-61-55-49-43-34-28-22-16-10-4)73-83(97)94-81(92(103)104)77-108-93-89(95-84(98)74-79(68-62-56-50-44-35-29-23-17-11-5)110-86(100)71-65-59-53-47-41-38-32-26-20-14-8-2)91(90(82(76-96)112-93)114-115(105,106)107)113-88(102)75-80(69-63-57-51-45-36-30-24-18-12-6)111-87(101)72-66-60-54-48-42-39-33-27-21-15-9-3/h78-82,89-91,93,96H,7-77H2,1-6H3,(H,94,97)(H,95,98)(H,103,104)(H2,105,106,107)/t78-,79-,80-,81+,82-,89-,90-,91-,93-/m1/s1. The summed E-state index contributed by atoms with van der Waals surface area (Å²) < 4.78 is 55.4. The Bertz CT molecular complexity index is 2380. The van der Waals surface area contributed by atoms with Gasteiger partial charge in [-0.05, 0) is 57.8 Å². The number of phosphoric ester groups is 1. The first kappa shape index (κ1) is 109. The van der Waals surface area contributed by atoms with Gasteiger partial charge in [0, 0.05) is 19.3 Å². The van der Waals surface area contributed by atoms with E-state index in [1.807, 2.05) is 0 Å². The first-order valence-corrected chi connectivity index (χ1v) is 49.6. The fourth-order valence-corrected chi connectivity index (χ4v) is 16.2. The van der Waals surface area contributed by atoms with Crippen molar-refractivity contribution < 1.29 is 91.1 Å². The van der Waals surface area contributed by atoms with Crippen LogP contribution in [0.5, 0.6) is 0 Å². The second-order valence-corrected chi connectivity index (χ2v) is 35.0. The number of esters is 4. The first-order valence-electron chi connectivity index (χ1n) is 48.1. The molecule has 0 unspecified atom stereocenters. The largest absolute Gasteiger partial charge is 0.480 e. The Morgan fingerprint density at radius 3 is 0.904 bits per heavy atom. The summed E-state index contributed by atoms with van der Waals surface area (Å²) in [5, 5.41) is 27.2. The van der Waals surface area contributed by atoms with Gasteiger partial charge in [-0.25, -0.2) is 9.36 Å². The Kier molecular flexibility index (Phi) is 73.7. The van der Waals surface area contributed by atoms with E-state index in [0.29, 0.717) is 57.8 Å². The highest BCUT2D eigenvalue weighted by atomic mass is 31.2. The third kappa shape index (κ3) is 65.7. The number of phosphoric acid groups is 1. The lowest BCUT2D eigenvalue weighted by Crippen LogP contribution is -2.66. The Hall–Kier alpha value is -3.72. The van der Waals surface area contributed by atoms with Gasteiger partial charge in [-0.15, -0.1) is 0 Å². The van der Waals surface area contributed by atoms with E-state index in [9.17, 15) is 58.1 Å². The lowest BCUT2D eigenvalue weighted by molar-refractivity contribution is -0.272. The molecule has 115 heavy (non-hydrogen) atoms. The number of hydrogen-bond acceptors (Lipinski definition) is 16. The van der Waals surface area contributed by atoms with Gasteiger partial charge in [0.1, 0.15) is 36.6 Å². The van der Waals surface area contributed by atoms with Crippen LogP contribution in [0.15, 0.2) is 0 Å². The van der Waals surface area contributed by atoms with Crippen molar-refractivity contribution in [1.82, 2.24) is 10.6 Å². The zero-order valence-corrected chi connectivity index (χ0v) is 75.2. The summed E-state index contributed by atoms with van der Waals surface area (Å²) in [6.45, 7) is 11.3. The van der Waals surface area contributed by atoms with E-state index >= 15 is 0 Å². The molecule has 22 heteroatoms. The summed E-state index contributed by atoms with van der Waals surface area (Å²) >= 11 is 0. The van der Waals surface area contributed by atoms with Gasteiger partial charge in [-0.2, -0.15) is 0 Å². The number of unbranched alkanes of at least 4 members (excludes halogenated alkanes) is 54. The smallest absolute Gasteiger partial charge is 0.470 e. The predicted molar refractivity (Wildman–Crippen MR) is 462 cm³/mol. The van der Waals surface area contributed by atoms with E-state index in [1.54, 1.807) is 0 Å². The molecule has 0 aliphatic carbocycles. The highest BCUT2D eigenvalue weighted by molar-refractivity contribution is 7.46. The molecule has 0 saturated carbocycles. The molecule has 0 bridgehead atoms. The number of hydrogen-bond donors (Lipinski definition) is 6. The topological polar surface area (TPSA) is 306 Å². The van der Waals surface area contributed by atoms with Crippen LogP contribution in [0.1, 0.15) is 485 Å². The van der Waals surface area contributed by atoms with Crippen molar-refractivity contribution in [2.24, 2.45) is 0 Å². The Labute approximate surface area is 700 Å². The Balaban J connectivity index is 3.83. The average molecular weight is 1660 g/mol. The lowest BCUT2D eigenvalue weighted by atomic mass is 9.95. The number of nitrogens with one attached hydrogen (secondary N) is 2. The average Bonchev–Trinajstić information content (AvgIpc) is 0.779. The van der Waals surface area contributed by atoms with E-state index in [-0.39, 0.29) is 25.7 Å². The van der Waals surface area contributed by atoms with Crippen molar-refractivity contribution in [1.29, 1.82) is 0 Å². The van der Waals surface area contributed by atoms with Gasteiger partial charge in [0.05, 0.1) is 32.5 Å². The molecule has 1 rings (SSSR count). The summed E-state index contributed by atoms with van der Waals surface area (Å²) in [6, 6.07) is -3.60. The van der Waals surface area contributed by atoms with Crippen LogP contribution in [-0.4, -0.2) is 130 Å². The molecule has 0 aromatic heterocycles. The van der Waals surface area contributed by atoms with Gasteiger partial charge < -0.3 is 59.1 Å². The molecule has 0 aromatic carbocycles. The van der Waals surface area contributed by atoms with E-state index in [4.69, 9.17) is 32.9 Å². The van der Waals surface area contributed by atoms with Crippen molar-refractivity contribution in [3.8, 4) is 0 Å². The van der Waals surface area contributed by atoms with Crippen LogP contribution >= 0.6 is 7.82 Å². The van der Waals surface area contributed by atoms with E-state index in [0.717, 1.165) is 186 Å². The molecule has 0 spiro atoms. The van der Waals surface area contributed by atoms with E-state index in [2.05, 4.69) is 52.2 Å². The third-order valence-corrected chi connectivity index (χ3v) is 23.2. The van der Waals surface area contributed by atoms with Gasteiger partial charge in [-0.3, -0.25) is 33.3 Å². The van der Waals surface area contributed by atoms with Crippen LogP contribution in [0.25, 0.3) is 0 Å². The molecule has 1 aliphatic rings. The third-order valence-electron chi connectivity index (χ3n) is 22.7. The predicted octanol–water partition coefficient (Wildman–Crippen LogP) is 23.9. The maximum absolute atomic E-state index is 15.0. The van der Waals surface area contributed by atoms with Gasteiger partial charge in [0.25, 0.3) is 0 Å². The quantitative estimate of drug-likeness (QED) is 0.0143. The van der Waals surface area contributed by atoms with Gasteiger partial charge in [-0.1, -0.05) is 388 Å². The van der Waals surface area contributed by atoms with E-state index in [1.165, 1.54) is 161 Å². The van der Waals surface area contributed by atoms with Crippen molar-refractivity contribution in [2.75, 3.05) is 13.2 Å². The molecule has 21 nitrogen and oxygen atoms in total. The summed E-state index contributed by atoms with van der Waals surface area (Å²) in [7, 11) is -5.58. The van der Waals surface area contributed by atoms with Crippen molar-refractivity contribution in [3.05, 3.63) is 0 Å². The zero-order valence-electron chi connectivity index (χ0n) is 74.3. The monoisotopic (exact) mass is 1660 g/mol. The number of carboxylic acids is 1. The lowest BCUT2D eigenvalue weighted by Gasteiger charge is -2.45. The number of carbonyl (C=O) groups excluding carboxylic acids is 6. The molecule has 0 radical (unpaired) electrons. The molecule has 6 N–H and O–H groups in total. The molecule has 2 amide bonds. The highest BCUT2D eigenvalue weighted by Gasteiger charge is 2.53. The van der Waals surface area contributed by atoms with Crippen molar-refractivity contribution in [2.45, 2.75) is 540 Å². The number of carboxylic acid groups (broad SMARTS) is 1. The van der Waals surface area contributed by atoms with E-state index < -0.39 is 131 Å². The van der Waals surface area contributed by atoms with Crippen LogP contribution < -0.4 is 10.6 Å². The number of rotatable bonds is 85. The number of aliphatic carboxylic acids is 1. The van der Waals surface area contributed by atoms with Crippen LogP contribution in [0.4, 0.5) is 0 Å². The fourth-order valence-electron chi connectivity index (χ4n) is 15.6. The zero-order chi connectivity index (χ0) is 84.3. The van der Waals surface area contributed by atoms with Crippen LogP contribution in [0.3, 0.4) is 0 Å². The summed E-state index contributed by atoms with van der Waals surface area (Å²) in [5.74, 6) is -5.49. The fraction of sp³-hybridized carbons (Fsp3) is 0.925. The summed E-state index contributed by atoms with van der Waals surface area (Å²) in [6.07, 6.45) is 53.8. The van der Waals surface area contributed by atoms with Crippen LogP contribution in [-0.2, 0) is 71.1 Å². The molecule has 1 saturated heterocycles. The summed E-state index contributed by atoms with van der Waals surface area (Å²) in [5.41, 5.74) is 0. The second-order valence-electron chi connectivity index (χ2n) is 33.8. The van der Waals surface area contributed by atoms with Crippen LogP contribution in [0.2, 0.25) is 0 Å². The minimum atomic E-state index is -5.58. The SMILES string of the molecule is CCCCCCCCCCCCCC(=O)O[C@H](CCCCCCCCCCC)CC(=O)N[C@H]1[C@H](OC[C@H](NC(=O)C[C@@H](CCCCCCCCCCC)OC(=O)CCCCCCCCCCCCC)C(=O)O)O[C@H](CO)[C@@H](OP(=O)(O)O)[C@@H]1OC(=O)C[C@@H](CCCCCCCCCCC)OC(=O)CCCCCCCCCCCCC. The molecule has 1 heterocycles. The minimum absolute atomic E-state index is 0.128. The molecule has 1 fully saturated rings. The van der Waals surface area contributed by atoms with Gasteiger partial charge in [0.2, 0.25) is 11.8 Å². The van der Waals surface area contributed by atoms with Crippen molar-refractivity contribution >= 4 is 49.5 Å². The molecule has 1 aliphatic heterocycles. The molecule has 676 valence electrons. The number of amides is 2. The summed E-state index contributed by atoms with van der Waals surface area (Å²) in [4.78, 5) is 119. The highest BCUT2D eigenvalue weighted by Crippen LogP contribution is 2.43. The van der Waals surface area contributed by atoms with Gasteiger partial charge >= 0.3 is 37.7 Å². The molecular weight excluding hydrogens is 1480 g/mol. The van der Waals surface area contributed by atoms with Crippen LogP contribution in [0, 0.1) is 0 Å². The molecule has 0 aromatic rings. The maximum atomic E-state index is 15.0. The minimum Gasteiger partial charge on any atom is -0.480 e. The van der Waals surface area contributed by atoms with Gasteiger partial charge in [0.15, 0.2) is 18.4 Å². The number of aliphatic hydroxyl groups is 1. The normalized spacial score (nSPS) is 16.7. The Morgan fingerprint density at radius 1 is 0.357 bits per heavy atom.